The predicted molar refractivity (Wildman–Crippen MR) is 84.7 cm³/mol. The van der Waals surface area contributed by atoms with E-state index < -0.39 is 0 Å². The van der Waals surface area contributed by atoms with Gasteiger partial charge < -0.3 is 10.2 Å². The molecule has 0 aliphatic heterocycles. The first-order chi connectivity index (χ1) is 9.49. The van der Waals surface area contributed by atoms with Gasteiger partial charge in [-0.05, 0) is 31.3 Å². The molecular weight excluding hydrogens is 272 g/mol. The summed E-state index contributed by atoms with van der Waals surface area (Å²) in [6.07, 6.45) is 1.02. The fourth-order valence-corrected chi connectivity index (χ4v) is 1.73. The molecule has 6 heteroatoms. The van der Waals surface area contributed by atoms with Crippen molar-refractivity contribution in [3.05, 3.63) is 35.4 Å². The van der Waals surface area contributed by atoms with E-state index in [9.17, 15) is 4.79 Å². The Hall–Kier alpha value is -1.66. The van der Waals surface area contributed by atoms with Gasteiger partial charge in [-0.3, -0.25) is 15.6 Å². The normalized spacial score (nSPS) is 10.2. The zero-order valence-electron chi connectivity index (χ0n) is 12.2. The molecule has 110 valence electrons. The molecule has 0 unspecified atom stereocenters. The van der Waals surface area contributed by atoms with Crippen LogP contribution in [0.2, 0.25) is 0 Å². The lowest BCUT2D eigenvalue weighted by Crippen LogP contribution is -3.05. The van der Waals surface area contributed by atoms with Gasteiger partial charge in [-0.15, -0.1) is 0 Å². The number of rotatable bonds is 5. The minimum atomic E-state index is -0.202. The molecule has 1 rings (SSSR count). The smallest absolute Gasteiger partial charge is 0.269 e. The highest BCUT2D eigenvalue weighted by atomic mass is 32.1. The third-order valence-electron chi connectivity index (χ3n) is 2.74. The minimum absolute atomic E-state index is 0.202. The van der Waals surface area contributed by atoms with Crippen LogP contribution >= 0.6 is 12.2 Å². The van der Waals surface area contributed by atoms with E-state index in [0.717, 1.165) is 25.1 Å². The second-order valence-corrected chi connectivity index (χ2v) is 5.42. The molecule has 1 aromatic rings. The van der Waals surface area contributed by atoms with Crippen LogP contribution in [0.15, 0.2) is 24.3 Å². The third-order valence-corrected chi connectivity index (χ3v) is 2.99. The largest absolute Gasteiger partial charge is 0.361 e. The van der Waals surface area contributed by atoms with Crippen LogP contribution in [0.3, 0.4) is 0 Å². The molecule has 0 aliphatic rings. The Labute approximate surface area is 125 Å². The van der Waals surface area contributed by atoms with Gasteiger partial charge in [0.25, 0.3) is 5.91 Å². The number of benzene rings is 1. The van der Waals surface area contributed by atoms with E-state index in [1.165, 1.54) is 4.90 Å². The van der Waals surface area contributed by atoms with Crippen LogP contribution in [0.25, 0.3) is 0 Å². The fourth-order valence-electron chi connectivity index (χ4n) is 1.58. The van der Waals surface area contributed by atoms with Crippen LogP contribution in [0.5, 0.6) is 0 Å². The Morgan fingerprint density at radius 1 is 1.20 bits per heavy atom. The van der Waals surface area contributed by atoms with Crippen LogP contribution in [0.1, 0.15) is 22.3 Å². The summed E-state index contributed by atoms with van der Waals surface area (Å²) in [6, 6.07) is 7.36. The Kier molecular flexibility index (Phi) is 6.97. The molecule has 0 aromatic heterocycles. The van der Waals surface area contributed by atoms with Gasteiger partial charge in [-0.25, -0.2) is 0 Å². The number of amides is 1. The summed E-state index contributed by atoms with van der Waals surface area (Å²) in [5, 5.41) is 3.48. The first-order valence-electron chi connectivity index (χ1n) is 6.69. The maximum Gasteiger partial charge on any atom is 0.269 e. The zero-order chi connectivity index (χ0) is 15.0. The quantitative estimate of drug-likeness (QED) is 0.340. The molecule has 4 N–H and O–H groups in total. The highest BCUT2D eigenvalue weighted by molar-refractivity contribution is 7.80. The van der Waals surface area contributed by atoms with E-state index in [2.05, 4.69) is 30.3 Å². The lowest BCUT2D eigenvalue weighted by molar-refractivity contribution is -0.858. The molecule has 0 radical (unpaired) electrons. The molecule has 1 amide bonds. The molecule has 0 atom stereocenters. The summed E-state index contributed by atoms with van der Waals surface area (Å²) < 4.78 is 0. The predicted octanol–water partition coefficient (Wildman–Crippen LogP) is -0.361. The van der Waals surface area contributed by atoms with Crippen LogP contribution in [-0.4, -0.2) is 38.2 Å². The number of hydrazine groups is 1. The Morgan fingerprint density at radius 2 is 1.85 bits per heavy atom. The number of aryl methyl sites for hydroxylation is 1. The second kappa shape index (κ2) is 8.50. The molecule has 0 bridgehead atoms. The van der Waals surface area contributed by atoms with Crippen LogP contribution in [-0.2, 0) is 0 Å². The molecule has 0 heterocycles. The van der Waals surface area contributed by atoms with Gasteiger partial charge in [-0.2, -0.15) is 0 Å². The Bertz CT molecular complexity index is 445. The lowest BCUT2D eigenvalue weighted by Gasteiger charge is -2.12. The second-order valence-electron chi connectivity index (χ2n) is 5.01. The molecule has 0 saturated heterocycles. The number of nitrogens with one attached hydrogen (secondary N) is 4. The van der Waals surface area contributed by atoms with Gasteiger partial charge in [0.05, 0.1) is 20.6 Å². The van der Waals surface area contributed by atoms with E-state index >= 15 is 0 Å². The van der Waals surface area contributed by atoms with Crippen molar-refractivity contribution in [2.24, 2.45) is 0 Å². The van der Waals surface area contributed by atoms with E-state index in [1.807, 2.05) is 19.1 Å². The number of carbonyl (C=O) groups excluding carboxylic acids is 1. The first-order valence-corrected chi connectivity index (χ1v) is 7.09. The molecular formula is C14H23N4OS+. The summed E-state index contributed by atoms with van der Waals surface area (Å²) in [5.41, 5.74) is 6.99. The molecule has 0 spiro atoms. The van der Waals surface area contributed by atoms with Gasteiger partial charge in [0, 0.05) is 18.5 Å². The first kappa shape index (κ1) is 16.4. The van der Waals surface area contributed by atoms with Crippen molar-refractivity contribution >= 4 is 23.2 Å². The van der Waals surface area contributed by atoms with Crippen LogP contribution in [0, 0.1) is 6.92 Å². The standard InChI is InChI=1S/C14H22N4OS/c1-11-5-7-12(8-6-11)13(19)16-17-14(20)15-9-4-10-18(2)3/h5-8H,4,9-10H2,1-3H3,(H,16,19)(H2,15,17,20)/p+1. The van der Waals surface area contributed by atoms with E-state index in [1.54, 1.807) is 12.1 Å². The van der Waals surface area contributed by atoms with Crippen molar-refractivity contribution in [1.29, 1.82) is 0 Å². The molecule has 0 saturated carbocycles. The number of hydrogen-bond donors (Lipinski definition) is 4. The van der Waals surface area contributed by atoms with Gasteiger partial charge >= 0.3 is 0 Å². The summed E-state index contributed by atoms with van der Waals surface area (Å²) in [7, 11) is 4.22. The Balaban J connectivity index is 2.23. The van der Waals surface area contributed by atoms with Crippen molar-refractivity contribution in [2.75, 3.05) is 27.2 Å². The maximum absolute atomic E-state index is 11.8. The highest BCUT2D eigenvalue weighted by Gasteiger charge is 2.04. The van der Waals surface area contributed by atoms with Crippen molar-refractivity contribution < 1.29 is 9.69 Å². The average molecular weight is 295 g/mol. The van der Waals surface area contributed by atoms with Crippen molar-refractivity contribution in [1.82, 2.24) is 16.2 Å². The van der Waals surface area contributed by atoms with Gasteiger partial charge in [0.2, 0.25) is 0 Å². The minimum Gasteiger partial charge on any atom is -0.361 e. The summed E-state index contributed by atoms with van der Waals surface area (Å²) in [5.74, 6) is -0.202. The molecule has 0 aliphatic carbocycles. The SMILES string of the molecule is Cc1ccc(C(=O)NNC(=S)NCCC[NH+](C)C)cc1. The van der Waals surface area contributed by atoms with Gasteiger partial charge in [0.15, 0.2) is 5.11 Å². The van der Waals surface area contributed by atoms with Crippen molar-refractivity contribution in [2.45, 2.75) is 13.3 Å². The highest BCUT2D eigenvalue weighted by Crippen LogP contribution is 2.02. The summed E-state index contributed by atoms with van der Waals surface area (Å²) in [6.45, 7) is 3.84. The summed E-state index contributed by atoms with van der Waals surface area (Å²) in [4.78, 5) is 13.2. The van der Waals surface area contributed by atoms with Crippen molar-refractivity contribution in [3.8, 4) is 0 Å². The average Bonchev–Trinajstić information content (AvgIpc) is 2.41. The molecule has 5 nitrogen and oxygen atoms in total. The molecule has 1 aromatic carbocycles. The van der Waals surface area contributed by atoms with Crippen LogP contribution in [0.4, 0.5) is 0 Å². The number of hydrogen-bond acceptors (Lipinski definition) is 2. The monoisotopic (exact) mass is 295 g/mol. The van der Waals surface area contributed by atoms with Crippen LogP contribution < -0.4 is 21.1 Å². The van der Waals surface area contributed by atoms with E-state index in [-0.39, 0.29) is 5.91 Å². The molecule has 0 fully saturated rings. The van der Waals surface area contributed by atoms with Gasteiger partial charge in [-0.1, -0.05) is 17.7 Å². The fraction of sp³-hybridized carbons (Fsp3) is 0.429. The number of carbonyl (C=O) groups is 1. The maximum atomic E-state index is 11.8. The lowest BCUT2D eigenvalue weighted by atomic mass is 10.1. The molecule has 20 heavy (non-hydrogen) atoms. The summed E-state index contributed by atoms with van der Waals surface area (Å²) >= 11 is 5.08. The van der Waals surface area contributed by atoms with E-state index in [0.29, 0.717) is 10.7 Å². The number of thiocarbonyl (C=S) groups is 1. The topological polar surface area (TPSA) is 57.6 Å². The Morgan fingerprint density at radius 3 is 2.45 bits per heavy atom. The third kappa shape index (κ3) is 6.49. The van der Waals surface area contributed by atoms with Gasteiger partial charge in [0.1, 0.15) is 0 Å². The van der Waals surface area contributed by atoms with E-state index in [4.69, 9.17) is 12.2 Å². The number of quaternary nitrogens is 1. The van der Waals surface area contributed by atoms with Crippen molar-refractivity contribution in [3.63, 3.8) is 0 Å². The zero-order valence-corrected chi connectivity index (χ0v) is 13.1.